The van der Waals surface area contributed by atoms with Gasteiger partial charge in [-0.1, -0.05) is 12.1 Å². The van der Waals surface area contributed by atoms with Crippen LogP contribution in [-0.2, 0) is 0 Å². The average molecular weight is 237 g/mol. The Kier molecular flexibility index (Phi) is 5.70. The van der Waals surface area contributed by atoms with Crippen molar-refractivity contribution in [2.45, 2.75) is 25.3 Å². The highest BCUT2D eigenvalue weighted by Gasteiger charge is 2.11. The van der Waals surface area contributed by atoms with E-state index in [0.29, 0.717) is 5.75 Å². The van der Waals surface area contributed by atoms with Gasteiger partial charge in [0.05, 0.1) is 7.11 Å². The van der Waals surface area contributed by atoms with Crippen LogP contribution in [0.3, 0.4) is 0 Å². The second-order valence-electron chi connectivity index (χ2n) is 3.95. The number of benzene rings is 1. The molecule has 0 radical (unpaired) electrons. The summed E-state index contributed by atoms with van der Waals surface area (Å²) in [5.41, 5.74) is 1.05. The van der Waals surface area contributed by atoms with Gasteiger partial charge in [-0.05, 0) is 44.0 Å². The molecule has 1 N–H and O–H groups in total. The highest BCUT2D eigenvalue weighted by Crippen LogP contribution is 2.25. The lowest BCUT2D eigenvalue weighted by Crippen LogP contribution is -2.16. The molecule has 0 aliphatic rings. The number of halogens is 1. The van der Waals surface area contributed by atoms with Gasteiger partial charge < -0.3 is 10.1 Å². The number of methoxy groups -OCH3 is 1. The van der Waals surface area contributed by atoms with Gasteiger partial charge in [-0.25, -0.2) is 4.39 Å². The van der Waals surface area contributed by atoms with Crippen molar-refractivity contribution in [1.29, 1.82) is 0 Å². The molecule has 1 aromatic rings. The van der Waals surface area contributed by atoms with E-state index in [0.717, 1.165) is 24.8 Å². The Labute approximate surface area is 102 Å². The molecule has 1 atom stereocenters. The molecular weight excluding hydrogens is 217 g/mol. The molecule has 1 rings (SSSR count). The maximum Gasteiger partial charge on any atom is 0.165 e. The van der Waals surface area contributed by atoms with E-state index in [2.05, 4.69) is 11.9 Å². The van der Waals surface area contributed by atoms with Crippen LogP contribution < -0.4 is 10.1 Å². The molecule has 0 saturated carbocycles. The molecule has 0 aromatic heterocycles. The van der Waals surface area contributed by atoms with Crippen LogP contribution in [0, 0.1) is 5.82 Å². The van der Waals surface area contributed by atoms with Crippen LogP contribution in [-0.4, -0.2) is 14.2 Å². The minimum absolute atomic E-state index is 0.226. The van der Waals surface area contributed by atoms with Crippen LogP contribution in [0.1, 0.15) is 30.9 Å². The predicted molar refractivity (Wildman–Crippen MR) is 68.8 cm³/mol. The van der Waals surface area contributed by atoms with Crippen LogP contribution in [0.25, 0.3) is 0 Å². The molecule has 0 aliphatic carbocycles. The quantitative estimate of drug-likeness (QED) is 0.579. The summed E-state index contributed by atoms with van der Waals surface area (Å²) in [6.07, 6.45) is 4.97. The molecule has 0 amide bonds. The lowest BCUT2D eigenvalue weighted by Gasteiger charge is -2.17. The fourth-order valence-corrected chi connectivity index (χ4v) is 1.84. The molecule has 3 heteroatoms. The van der Waals surface area contributed by atoms with E-state index >= 15 is 0 Å². The molecule has 0 heterocycles. The SMILES string of the molecule is C=CCCCC(NC)c1ccc(F)c(OC)c1. The van der Waals surface area contributed by atoms with Crippen molar-refractivity contribution in [3.8, 4) is 5.75 Å². The third-order valence-corrected chi connectivity index (χ3v) is 2.83. The second kappa shape index (κ2) is 7.07. The Bertz CT molecular complexity index is 365. The number of hydrogen-bond donors (Lipinski definition) is 1. The normalized spacial score (nSPS) is 12.2. The van der Waals surface area contributed by atoms with Crippen LogP contribution in [0.2, 0.25) is 0 Å². The fourth-order valence-electron chi connectivity index (χ4n) is 1.84. The van der Waals surface area contributed by atoms with E-state index in [1.807, 2.05) is 13.1 Å². The van der Waals surface area contributed by atoms with Crippen molar-refractivity contribution in [3.05, 3.63) is 42.2 Å². The van der Waals surface area contributed by atoms with E-state index < -0.39 is 0 Å². The maximum absolute atomic E-state index is 13.3. The molecule has 0 bridgehead atoms. The molecule has 17 heavy (non-hydrogen) atoms. The smallest absolute Gasteiger partial charge is 0.165 e. The topological polar surface area (TPSA) is 21.3 Å². The Morgan fingerprint density at radius 1 is 1.53 bits per heavy atom. The van der Waals surface area contributed by atoms with E-state index in [1.165, 1.54) is 13.2 Å². The van der Waals surface area contributed by atoms with Crippen LogP contribution in [0.5, 0.6) is 5.75 Å². The van der Waals surface area contributed by atoms with Crippen molar-refractivity contribution >= 4 is 0 Å². The zero-order valence-electron chi connectivity index (χ0n) is 10.5. The minimum atomic E-state index is -0.322. The molecule has 2 nitrogen and oxygen atoms in total. The molecule has 1 aromatic carbocycles. The predicted octanol–water partition coefficient (Wildman–Crippen LogP) is 3.45. The number of rotatable bonds is 7. The highest BCUT2D eigenvalue weighted by atomic mass is 19.1. The summed E-state index contributed by atoms with van der Waals surface area (Å²) in [6, 6.07) is 5.23. The highest BCUT2D eigenvalue weighted by molar-refractivity contribution is 5.32. The molecule has 94 valence electrons. The average Bonchev–Trinajstić information content (AvgIpc) is 2.36. The van der Waals surface area contributed by atoms with Gasteiger partial charge in [0.25, 0.3) is 0 Å². The summed E-state index contributed by atoms with van der Waals surface area (Å²) >= 11 is 0. The van der Waals surface area contributed by atoms with Gasteiger partial charge in [0.1, 0.15) is 0 Å². The zero-order valence-corrected chi connectivity index (χ0v) is 10.5. The number of nitrogens with one attached hydrogen (secondary N) is 1. The molecule has 0 fully saturated rings. The number of unbranched alkanes of at least 4 members (excludes halogenated alkanes) is 1. The Morgan fingerprint density at radius 2 is 2.29 bits per heavy atom. The summed E-state index contributed by atoms with van der Waals surface area (Å²) in [7, 11) is 3.39. The standard InChI is InChI=1S/C14H20FNO/c1-4-5-6-7-13(16-2)11-8-9-12(15)14(10-11)17-3/h4,8-10,13,16H,1,5-7H2,2-3H3. The summed E-state index contributed by atoms with van der Waals surface area (Å²) in [5, 5.41) is 3.24. The summed E-state index contributed by atoms with van der Waals surface area (Å²) < 4.78 is 18.3. The molecule has 0 spiro atoms. The van der Waals surface area contributed by atoms with Gasteiger partial charge in [0.2, 0.25) is 0 Å². The van der Waals surface area contributed by atoms with E-state index in [1.54, 1.807) is 12.1 Å². The third-order valence-electron chi connectivity index (χ3n) is 2.83. The Hall–Kier alpha value is -1.35. The van der Waals surface area contributed by atoms with Gasteiger partial charge >= 0.3 is 0 Å². The van der Waals surface area contributed by atoms with E-state index in [9.17, 15) is 4.39 Å². The lowest BCUT2D eigenvalue weighted by molar-refractivity contribution is 0.384. The van der Waals surface area contributed by atoms with Gasteiger partial charge in [0.15, 0.2) is 11.6 Å². The number of hydrogen-bond acceptors (Lipinski definition) is 2. The zero-order chi connectivity index (χ0) is 12.7. The van der Waals surface area contributed by atoms with Crippen molar-refractivity contribution in [2.24, 2.45) is 0 Å². The van der Waals surface area contributed by atoms with E-state index in [-0.39, 0.29) is 11.9 Å². The second-order valence-corrected chi connectivity index (χ2v) is 3.95. The monoisotopic (exact) mass is 237 g/mol. The number of allylic oxidation sites excluding steroid dienone is 1. The first-order valence-corrected chi connectivity index (χ1v) is 5.84. The maximum atomic E-state index is 13.3. The molecule has 0 saturated heterocycles. The third kappa shape index (κ3) is 3.86. The van der Waals surface area contributed by atoms with Crippen molar-refractivity contribution in [3.63, 3.8) is 0 Å². The summed E-state index contributed by atoms with van der Waals surface area (Å²) in [5.74, 6) is -0.0244. The van der Waals surface area contributed by atoms with Gasteiger partial charge in [-0.3, -0.25) is 0 Å². The Morgan fingerprint density at radius 3 is 2.88 bits per heavy atom. The largest absolute Gasteiger partial charge is 0.494 e. The van der Waals surface area contributed by atoms with Crippen molar-refractivity contribution < 1.29 is 9.13 Å². The van der Waals surface area contributed by atoms with Crippen LogP contribution in [0.4, 0.5) is 4.39 Å². The molecular formula is C14H20FNO. The molecule has 0 aliphatic heterocycles. The van der Waals surface area contributed by atoms with E-state index in [4.69, 9.17) is 4.74 Å². The van der Waals surface area contributed by atoms with Gasteiger partial charge in [-0.15, -0.1) is 6.58 Å². The minimum Gasteiger partial charge on any atom is -0.494 e. The summed E-state index contributed by atoms with van der Waals surface area (Å²) in [4.78, 5) is 0. The fraction of sp³-hybridized carbons (Fsp3) is 0.429. The summed E-state index contributed by atoms with van der Waals surface area (Å²) in [6.45, 7) is 3.71. The van der Waals surface area contributed by atoms with Crippen LogP contribution in [0.15, 0.2) is 30.9 Å². The first kappa shape index (κ1) is 13.7. The first-order chi connectivity index (χ1) is 8.22. The lowest BCUT2D eigenvalue weighted by atomic mass is 10.0. The Balaban J connectivity index is 2.76. The van der Waals surface area contributed by atoms with Crippen LogP contribution >= 0.6 is 0 Å². The van der Waals surface area contributed by atoms with Crippen molar-refractivity contribution in [1.82, 2.24) is 5.32 Å². The van der Waals surface area contributed by atoms with Crippen molar-refractivity contribution in [2.75, 3.05) is 14.2 Å². The number of ether oxygens (including phenoxy) is 1. The molecule has 1 unspecified atom stereocenters. The first-order valence-electron chi connectivity index (χ1n) is 5.84. The van der Waals surface area contributed by atoms with Gasteiger partial charge in [-0.2, -0.15) is 0 Å². The van der Waals surface area contributed by atoms with Gasteiger partial charge in [0, 0.05) is 6.04 Å².